The molecular weight excluding hydrogens is 276 g/mol. The fraction of sp³-hybridized carbons (Fsp3) is 0.389. The summed E-state index contributed by atoms with van der Waals surface area (Å²) in [7, 11) is 1.88. The Kier molecular flexibility index (Phi) is 5.03. The van der Waals surface area contributed by atoms with Crippen LogP contribution in [0.1, 0.15) is 30.8 Å². The van der Waals surface area contributed by atoms with Crippen LogP contribution in [-0.2, 0) is 20.1 Å². The van der Waals surface area contributed by atoms with Gasteiger partial charge < -0.3 is 9.67 Å². The summed E-state index contributed by atoms with van der Waals surface area (Å²) < 4.78 is 1.89. The largest absolute Gasteiger partial charge is 0.503 e. The van der Waals surface area contributed by atoms with Crippen molar-refractivity contribution >= 4 is 0 Å². The van der Waals surface area contributed by atoms with Gasteiger partial charge in [-0.25, -0.2) is 0 Å². The van der Waals surface area contributed by atoms with Crippen LogP contribution in [0.4, 0.5) is 0 Å². The van der Waals surface area contributed by atoms with Crippen molar-refractivity contribution in [2.45, 2.75) is 39.9 Å². The van der Waals surface area contributed by atoms with Crippen LogP contribution in [0.15, 0.2) is 41.2 Å². The third-order valence-electron chi connectivity index (χ3n) is 4.09. The number of hydrogen-bond acceptors (Lipinski definition) is 3. The second-order valence-electron chi connectivity index (χ2n) is 5.99. The lowest BCUT2D eigenvalue weighted by atomic mass is 10.1. The van der Waals surface area contributed by atoms with Crippen LogP contribution < -0.4 is 5.43 Å². The van der Waals surface area contributed by atoms with Crippen LogP contribution in [0, 0.1) is 6.92 Å². The predicted octanol–water partition coefficient (Wildman–Crippen LogP) is 2.81. The number of pyridine rings is 1. The fourth-order valence-corrected chi connectivity index (χ4v) is 2.48. The molecule has 0 saturated heterocycles. The van der Waals surface area contributed by atoms with E-state index in [2.05, 4.69) is 30.9 Å². The third kappa shape index (κ3) is 3.57. The van der Waals surface area contributed by atoms with Crippen molar-refractivity contribution in [1.82, 2.24) is 9.47 Å². The average Bonchev–Trinajstić information content (AvgIpc) is 2.49. The molecule has 0 aliphatic rings. The number of nitrogens with zero attached hydrogens (tertiary/aromatic N) is 2. The molecule has 118 valence electrons. The van der Waals surface area contributed by atoms with Crippen molar-refractivity contribution in [3.05, 3.63) is 63.6 Å². The van der Waals surface area contributed by atoms with Gasteiger partial charge in [0.15, 0.2) is 5.75 Å². The molecule has 0 radical (unpaired) electrons. The first-order valence-electron chi connectivity index (χ1n) is 7.56. The number of aromatic hydroxyl groups is 1. The van der Waals surface area contributed by atoms with E-state index in [1.807, 2.05) is 36.7 Å². The molecule has 0 aliphatic carbocycles. The van der Waals surface area contributed by atoms with Gasteiger partial charge in [-0.15, -0.1) is 0 Å². The number of hydrogen-bond donors (Lipinski definition) is 1. The molecule has 4 nitrogen and oxygen atoms in total. The van der Waals surface area contributed by atoms with E-state index in [9.17, 15) is 9.90 Å². The topological polar surface area (TPSA) is 45.5 Å². The Morgan fingerprint density at radius 2 is 1.82 bits per heavy atom. The second kappa shape index (κ2) is 6.79. The molecular formula is C18H24N2O2. The van der Waals surface area contributed by atoms with Gasteiger partial charge in [-0.05, 0) is 26.3 Å². The Bertz CT molecular complexity index is 690. The van der Waals surface area contributed by atoms with Crippen LogP contribution >= 0.6 is 0 Å². The van der Waals surface area contributed by atoms with Gasteiger partial charge in [0.05, 0.1) is 5.69 Å². The van der Waals surface area contributed by atoms with Crippen LogP contribution in [0.5, 0.6) is 5.75 Å². The maximum atomic E-state index is 11.8. The molecule has 0 unspecified atom stereocenters. The highest BCUT2D eigenvalue weighted by Gasteiger charge is 2.17. The lowest BCUT2D eigenvalue weighted by Gasteiger charge is -2.28. The van der Waals surface area contributed by atoms with Crippen molar-refractivity contribution in [3.8, 4) is 5.75 Å². The lowest BCUT2D eigenvalue weighted by Crippen LogP contribution is -2.32. The fourth-order valence-electron chi connectivity index (χ4n) is 2.48. The molecule has 0 spiro atoms. The highest BCUT2D eigenvalue weighted by molar-refractivity contribution is 5.29. The van der Waals surface area contributed by atoms with Crippen molar-refractivity contribution < 1.29 is 5.11 Å². The van der Waals surface area contributed by atoms with E-state index in [4.69, 9.17) is 0 Å². The van der Waals surface area contributed by atoms with E-state index in [0.29, 0.717) is 18.3 Å². The molecule has 1 heterocycles. The molecule has 0 saturated carbocycles. The van der Waals surface area contributed by atoms with E-state index in [0.717, 1.165) is 12.2 Å². The van der Waals surface area contributed by atoms with Crippen molar-refractivity contribution in [2.24, 2.45) is 7.05 Å². The van der Waals surface area contributed by atoms with Crippen molar-refractivity contribution in [1.29, 1.82) is 0 Å². The van der Waals surface area contributed by atoms with E-state index >= 15 is 0 Å². The Balaban J connectivity index is 2.31. The van der Waals surface area contributed by atoms with E-state index < -0.39 is 0 Å². The normalized spacial score (nSPS) is 11.4. The van der Waals surface area contributed by atoms with Gasteiger partial charge in [-0.3, -0.25) is 9.69 Å². The maximum absolute atomic E-state index is 11.8. The smallest absolute Gasteiger partial charge is 0.223 e. The highest BCUT2D eigenvalue weighted by atomic mass is 16.3. The zero-order chi connectivity index (χ0) is 16.3. The minimum Gasteiger partial charge on any atom is -0.503 e. The summed E-state index contributed by atoms with van der Waals surface area (Å²) in [4.78, 5) is 14.1. The first-order valence-corrected chi connectivity index (χ1v) is 7.56. The summed E-state index contributed by atoms with van der Waals surface area (Å²) in [5.74, 6) is -0.146. The zero-order valence-electron chi connectivity index (χ0n) is 13.7. The summed E-state index contributed by atoms with van der Waals surface area (Å²) >= 11 is 0. The summed E-state index contributed by atoms with van der Waals surface area (Å²) in [6.07, 6.45) is 0. The monoisotopic (exact) mass is 300 g/mol. The Hall–Kier alpha value is -2.07. The van der Waals surface area contributed by atoms with E-state index in [1.165, 1.54) is 11.6 Å². The highest BCUT2D eigenvalue weighted by Crippen LogP contribution is 2.18. The molecule has 22 heavy (non-hydrogen) atoms. The predicted molar refractivity (Wildman–Crippen MR) is 88.9 cm³/mol. The SMILES string of the molecule is Cc1cc(=O)c(O)c(CN(Cc2ccccc2)C(C)C)n1C. The molecule has 1 aromatic carbocycles. The van der Waals surface area contributed by atoms with Gasteiger partial charge in [0.25, 0.3) is 0 Å². The van der Waals surface area contributed by atoms with Gasteiger partial charge in [0, 0.05) is 37.9 Å². The zero-order valence-corrected chi connectivity index (χ0v) is 13.7. The average molecular weight is 300 g/mol. The third-order valence-corrected chi connectivity index (χ3v) is 4.09. The summed E-state index contributed by atoms with van der Waals surface area (Å²) in [6, 6.07) is 12.0. The van der Waals surface area contributed by atoms with Crippen LogP contribution in [0.25, 0.3) is 0 Å². The summed E-state index contributed by atoms with van der Waals surface area (Å²) in [5.41, 5.74) is 2.42. The molecule has 0 atom stereocenters. The Morgan fingerprint density at radius 1 is 1.18 bits per heavy atom. The second-order valence-corrected chi connectivity index (χ2v) is 5.99. The minimum absolute atomic E-state index is 0.146. The first-order chi connectivity index (χ1) is 10.4. The van der Waals surface area contributed by atoms with E-state index in [-0.39, 0.29) is 11.2 Å². The molecule has 4 heteroatoms. The first kappa shape index (κ1) is 16.3. The minimum atomic E-state index is -0.311. The van der Waals surface area contributed by atoms with Gasteiger partial charge in [-0.2, -0.15) is 0 Å². The van der Waals surface area contributed by atoms with Gasteiger partial charge in [0.2, 0.25) is 5.43 Å². The van der Waals surface area contributed by atoms with Crippen molar-refractivity contribution in [3.63, 3.8) is 0 Å². The summed E-state index contributed by atoms with van der Waals surface area (Å²) in [6.45, 7) is 7.43. The Morgan fingerprint density at radius 3 is 2.41 bits per heavy atom. The number of rotatable bonds is 5. The molecule has 0 aliphatic heterocycles. The molecule has 2 aromatic rings. The van der Waals surface area contributed by atoms with Crippen molar-refractivity contribution in [2.75, 3.05) is 0 Å². The lowest BCUT2D eigenvalue weighted by molar-refractivity contribution is 0.195. The standard InChI is InChI=1S/C18H24N2O2/c1-13(2)20(11-15-8-6-5-7-9-15)12-16-18(22)17(21)10-14(3)19(16)4/h5-10,13,22H,11-12H2,1-4H3. The van der Waals surface area contributed by atoms with Crippen LogP contribution in [0.3, 0.4) is 0 Å². The van der Waals surface area contributed by atoms with E-state index in [1.54, 1.807) is 0 Å². The van der Waals surface area contributed by atoms with Gasteiger partial charge >= 0.3 is 0 Å². The number of aromatic nitrogens is 1. The summed E-state index contributed by atoms with van der Waals surface area (Å²) in [5, 5.41) is 10.1. The maximum Gasteiger partial charge on any atom is 0.223 e. The number of aryl methyl sites for hydroxylation is 1. The van der Waals surface area contributed by atoms with Gasteiger partial charge in [0.1, 0.15) is 0 Å². The molecule has 1 N–H and O–H groups in total. The molecule has 0 fully saturated rings. The molecule has 0 amide bonds. The quantitative estimate of drug-likeness (QED) is 0.923. The van der Waals surface area contributed by atoms with Gasteiger partial charge in [-0.1, -0.05) is 30.3 Å². The Labute approximate surface area is 131 Å². The van der Waals surface area contributed by atoms with Crippen LogP contribution in [-0.4, -0.2) is 20.6 Å². The molecule has 2 rings (SSSR count). The number of benzene rings is 1. The molecule has 0 bridgehead atoms. The molecule has 1 aromatic heterocycles. The van der Waals surface area contributed by atoms with Crippen LogP contribution in [0.2, 0.25) is 0 Å².